The van der Waals surface area contributed by atoms with Crippen LogP contribution in [0, 0.1) is 0 Å². The van der Waals surface area contributed by atoms with Crippen LogP contribution in [0.4, 0.5) is 5.69 Å². The molecule has 96 valence electrons. The lowest BCUT2D eigenvalue weighted by molar-refractivity contribution is 0.102. The fourth-order valence-electron chi connectivity index (χ4n) is 1.54. The summed E-state index contributed by atoms with van der Waals surface area (Å²) in [6.07, 6.45) is 2.82. The molecule has 2 aromatic rings. The summed E-state index contributed by atoms with van der Waals surface area (Å²) in [4.78, 5) is 26.4. The van der Waals surface area contributed by atoms with E-state index in [2.05, 4.69) is 10.3 Å². The Morgan fingerprint density at radius 1 is 1.32 bits per heavy atom. The van der Waals surface area contributed by atoms with Crippen LogP contribution in [0.5, 0.6) is 0 Å². The van der Waals surface area contributed by atoms with Crippen molar-refractivity contribution in [1.29, 1.82) is 0 Å². The number of aromatic nitrogens is 1. The Morgan fingerprint density at radius 2 is 2.11 bits per heavy atom. The van der Waals surface area contributed by atoms with E-state index in [1.54, 1.807) is 24.3 Å². The molecular weight excluding hydrogens is 262 g/mol. The molecule has 1 aromatic carbocycles. The van der Waals surface area contributed by atoms with Gasteiger partial charge in [-0.3, -0.25) is 9.59 Å². The quantitative estimate of drug-likeness (QED) is 0.735. The molecule has 0 aliphatic carbocycles. The van der Waals surface area contributed by atoms with Crippen molar-refractivity contribution in [2.75, 3.05) is 5.32 Å². The number of hydrogen-bond acceptors (Lipinski definition) is 3. The van der Waals surface area contributed by atoms with Gasteiger partial charge in [0.05, 0.1) is 0 Å². The second-order valence-electron chi connectivity index (χ2n) is 3.82. The van der Waals surface area contributed by atoms with E-state index < -0.39 is 5.91 Å². The standard InChI is InChI=1S/C13H11N3O2S/c14-12(19)8-2-1-3-9(6-8)16-13(18)10-7-15-5-4-11(10)17/h1-7H,(H2,14,19)(H,15,17)(H,16,18). The minimum Gasteiger partial charge on any atom is -0.389 e. The summed E-state index contributed by atoms with van der Waals surface area (Å²) in [6.45, 7) is 0. The average Bonchev–Trinajstić information content (AvgIpc) is 2.39. The third-order valence-electron chi connectivity index (χ3n) is 2.47. The second-order valence-corrected chi connectivity index (χ2v) is 4.26. The van der Waals surface area contributed by atoms with E-state index in [4.69, 9.17) is 18.0 Å². The molecular formula is C13H11N3O2S. The molecule has 0 atom stereocenters. The fourth-order valence-corrected chi connectivity index (χ4v) is 1.67. The highest BCUT2D eigenvalue weighted by atomic mass is 32.1. The van der Waals surface area contributed by atoms with E-state index >= 15 is 0 Å². The smallest absolute Gasteiger partial charge is 0.261 e. The topological polar surface area (TPSA) is 88.0 Å². The van der Waals surface area contributed by atoms with E-state index in [0.29, 0.717) is 11.3 Å². The summed E-state index contributed by atoms with van der Waals surface area (Å²) in [7, 11) is 0. The molecule has 19 heavy (non-hydrogen) atoms. The lowest BCUT2D eigenvalue weighted by Gasteiger charge is -2.06. The van der Waals surface area contributed by atoms with Crippen molar-refractivity contribution in [1.82, 2.24) is 4.98 Å². The lowest BCUT2D eigenvalue weighted by Crippen LogP contribution is -2.21. The van der Waals surface area contributed by atoms with Crippen molar-refractivity contribution in [3.05, 3.63) is 64.1 Å². The van der Waals surface area contributed by atoms with Gasteiger partial charge < -0.3 is 16.0 Å². The molecule has 0 saturated carbocycles. The van der Waals surface area contributed by atoms with Gasteiger partial charge in [-0.15, -0.1) is 0 Å². The van der Waals surface area contributed by atoms with E-state index in [1.165, 1.54) is 18.5 Å². The Balaban J connectivity index is 2.25. The average molecular weight is 273 g/mol. The number of nitrogens with two attached hydrogens (primary N) is 1. The Morgan fingerprint density at radius 3 is 2.79 bits per heavy atom. The Labute approximate surface area is 114 Å². The number of H-pyrrole nitrogens is 1. The Hall–Kier alpha value is -2.47. The lowest BCUT2D eigenvalue weighted by atomic mass is 10.2. The zero-order valence-corrected chi connectivity index (χ0v) is 10.7. The summed E-state index contributed by atoms with van der Waals surface area (Å²) in [5.41, 5.74) is 6.39. The molecule has 6 heteroatoms. The minimum atomic E-state index is -0.484. The van der Waals surface area contributed by atoms with Crippen molar-refractivity contribution in [2.24, 2.45) is 5.73 Å². The molecule has 2 rings (SSSR count). The zero-order chi connectivity index (χ0) is 13.8. The summed E-state index contributed by atoms with van der Waals surface area (Å²) in [5, 5.41) is 2.62. The van der Waals surface area contributed by atoms with Crippen LogP contribution in [0.2, 0.25) is 0 Å². The SMILES string of the molecule is NC(=S)c1cccc(NC(=O)c2c[nH]ccc2=O)c1. The van der Waals surface area contributed by atoms with Crippen LogP contribution < -0.4 is 16.5 Å². The maximum atomic E-state index is 11.9. The molecule has 1 heterocycles. The van der Waals surface area contributed by atoms with Crippen LogP contribution in [0.1, 0.15) is 15.9 Å². The summed E-state index contributed by atoms with van der Waals surface area (Å²) >= 11 is 4.86. The molecule has 0 bridgehead atoms. The monoisotopic (exact) mass is 273 g/mol. The van der Waals surface area contributed by atoms with E-state index in [1.807, 2.05) is 0 Å². The molecule has 4 N–H and O–H groups in total. The number of thiocarbonyl (C=S) groups is 1. The highest BCUT2D eigenvalue weighted by molar-refractivity contribution is 7.80. The number of amides is 1. The first kappa shape index (κ1) is 13.0. The number of anilines is 1. The van der Waals surface area contributed by atoms with Crippen molar-refractivity contribution < 1.29 is 4.79 Å². The highest BCUT2D eigenvalue weighted by Gasteiger charge is 2.10. The molecule has 1 amide bonds. The van der Waals surface area contributed by atoms with Gasteiger partial charge in [-0.1, -0.05) is 24.4 Å². The van der Waals surface area contributed by atoms with Crippen LogP contribution in [-0.2, 0) is 0 Å². The van der Waals surface area contributed by atoms with Crippen molar-refractivity contribution in [2.45, 2.75) is 0 Å². The van der Waals surface area contributed by atoms with Gasteiger partial charge in [-0.2, -0.15) is 0 Å². The van der Waals surface area contributed by atoms with Crippen molar-refractivity contribution in [3.8, 4) is 0 Å². The van der Waals surface area contributed by atoms with E-state index in [0.717, 1.165) is 0 Å². The first-order chi connectivity index (χ1) is 9.08. The number of hydrogen-bond donors (Lipinski definition) is 3. The Kier molecular flexibility index (Phi) is 3.72. The minimum absolute atomic E-state index is 0.0447. The summed E-state index contributed by atoms with van der Waals surface area (Å²) < 4.78 is 0. The predicted octanol–water partition coefficient (Wildman–Crippen LogP) is 1.26. The van der Waals surface area contributed by atoms with E-state index in [9.17, 15) is 9.59 Å². The van der Waals surface area contributed by atoms with Gasteiger partial charge in [-0.25, -0.2) is 0 Å². The van der Waals surface area contributed by atoms with Gasteiger partial charge in [-0.05, 0) is 12.1 Å². The molecule has 0 saturated heterocycles. The fraction of sp³-hybridized carbons (Fsp3) is 0. The van der Waals surface area contributed by atoms with Crippen LogP contribution in [-0.4, -0.2) is 15.9 Å². The van der Waals surface area contributed by atoms with Crippen LogP contribution in [0.25, 0.3) is 0 Å². The molecule has 0 aliphatic heterocycles. The third-order valence-corrected chi connectivity index (χ3v) is 2.71. The molecule has 0 unspecified atom stereocenters. The number of nitrogens with one attached hydrogen (secondary N) is 2. The van der Waals surface area contributed by atoms with Gasteiger partial charge in [0, 0.05) is 29.7 Å². The summed E-state index contributed by atoms with van der Waals surface area (Å²) in [6, 6.07) is 8.10. The number of carbonyl (C=O) groups is 1. The van der Waals surface area contributed by atoms with Gasteiger partial charge in [0.1, 0.15) is 10.6 Å². The summed E-state index contributed by atoms with van der Waals surface area (Å²) in [5.74, 6) is -0.484. The first-order valence-electron chi connectivity index (χ1n) is 5.46. The normalized spacial score (nSPS) is 9.89. The maximum absolute atomic E-state index is 11.9. The molecule has 5 nitrogen and oxygen atoms in total. The number of carbonyl (C=O) groups excluding carboxylic acids is 1. The predicted molar refractivity (Wildman–Crippen MR) is 77.3 cm³/mol. The molecule has 0 radical (unpaired) electrons. The van der Waals surface area contributed by atoms with Gasteiger partial charge >= 0.3 is 0 Å². The maximum Gasteiger partial charge on any atom is 0.261 e. The van der Waals surface area contributed by atoms with Gasteiger partial charge in [0.25, 0.3) is 5.91 Å². The van der Waals surface area contributed by atoms with Gasteiger partial charge in [0.15, 0.2) is 5.43 Å². The highest BCUT2D eigenvalue weighted by Crippen LogP contribution is 2.11. The second kappa shape index (κ2) is 5.45. The zero-order valence-electron chi connectivity index (χ0n) is 9.84. The largest absolute Gasteiger partial charge is 0.389 e. The number of aromatic amines is 1. The van der Waals surface area contributed by atoms with Gasteiger partial charge in [0.2, 0.25) is 0 Å². The van der Waals surface area contributed by atoms with Crippen LogP contribution in [0.15, 0.2) is 47.5 Å². The molecule has 0 spiro atoms. The van der Waals surface area contributed by atoms with Crippen molar-refractivity contribution >= 4 is 28.8 Å². The number of benzene rings is 1. The molecule has 0 aliphatic rings. The van der Waals surface area contributed by atoms with Crippen LogP contribution in [0.3, 0.4) is 0 Å². The van der Waals surface area contributed by atoms with Crippen LogP contribution >= 0.6 is 12.2 Å². The van der Waals surface area contributed by atoms with Crippen molar-refractivity contribution in [3.63, 3.8) is 0 Å². The third kappa shape index (κ3) is 3.05. The number of rotatable bonds is 3. The van der Waals surface area contributed by atoms with E-state index in [-0.39, 0.29) is 16.0 Å². The molecule has 0 fully saturated rings. The molecule has 1 aromatic heterocycles. The Bertz CT molecular complexity index is 694. The number of pyridine rings is 1. The first-order valence-corrected chi connectivity index (χ1v) is 5.87.